The maximum Gasteiger partial charge on any atom is 0.0905 e. The zero-order valence-electron chi connectivity index (χ0n) is 6.01. The smallest absolute Gasteiger partial charge is 0.0905 e. The molecule has 0 aromatic rings. The highest BCUT2D eigenvalue weighted by molar-refractivity contribution is 7.79. The minimum absolute atomic E-state index is 0.143. The molecule has 0 amide bonds. The maximum absolute atomic E-state index is 11.7. The van der Waals surface area contributed by atoms with Gasteiger partial charge in [-0.1, -0.05) is 24.4 Å². The first-order chi connectivity index (χ1) is 4.72. The third-order valence-corrected chi connectivity index (χ3v) is 2.33. The van der Waals surface area contributed by atoms with Crippen molar-refractivity contribution in [3.63, 3.8) is 0 Å². The number of rotatable bonds is 5. The van der Waals surface area contributed by atoms with E-state index in [0.29, 0.717) is 6.42 Å². The molecule has 0 radical (unpaired) electrons. The molecule has 10 heavy (non-hydrogen) atoms. The van der Waals surface area contributed by atoms with Crippen molar-refractivity contribution in [3.05, 3.63) is 0 Å². The summed E-state index contributed by atoms with van der Waals surface area (Å²) in [5.41, 5.74) is 0. The second-order valence-electron chi connectivity index (χ2n) is 2.15. The third-order valence-electron chi connectivity index (χ3n) is 1.31. The van der Waals surface area contributed by atoms with E-state index in [1.54, 1.807) is 0 Å². The molecule has 0 saturated carbocycles. The molecule has 2 atom stereocenters. The molecule has 0 fully saturated rings. The Balaban J connectivity index is 3.61. The molecule has 0 aromatic heterocycles. The molecule has 2 nitrogen and oxygen atoms in total. The molecule has 0 aromatic carbocycles. The van der Waals surface area contributed by atoms with Crippen molar-refractivity contribution in [2.24, 2.45) is 0 Å². The van der Waals surface area contributed by atoms with Crippen LogP contribution in [0.4, 0.5) is 4.39 Å². The van der Waals surface area contributed by atoms with Gasteiger partial charge in [0.15, 0.2) is 0 Å². The summed E-state index contributed by atoms with van der Waals surface area (Å²) >= 11 is -2.09. The van der Waals surface area contributed by atoms with Crippen LogP contribution in [0.3, 0.4) is 0 Å². The number of alkyl halides is 1. The van der Waals surface area contributed by atoms with Crippen LogP contribution < -0.4 is 0 Å². The van der Waals surface area contributed by atoms with Gasteiger partial charge in [0.25, 0.3) is 0 Å². The van der Waals surface area contributed by atoms with Crippen molar-refractivity contribution in [1.82, 2.24) is 0 Å². The molecule has 0 saturated heterocycles. The highest BCUT2D eigenvalue weighted by atomic mass is 32.2. The molecule has 0 aliphatic rings. The zero-order chi connectivity index (χ0) is 7.98. The molecular formula is C6H12FO2S-. The van der Waals surface area contributed by atoms with Crippen molar-refractivity contribution in [1.29, 1.82) is 0 Å². The van der Waals surface area contributed by atoms with Gasteiger partial charge in [-0.05, 0) is 12.8 Å². The molecule has 62 valence electrons. The summed E-state index contributed by atoms with van der Waals surface area (Å²) < 4.78 is 32.3. The normalized spacial score (nSPS) is 16.7. The molecular weight excluding hydrogens is 155 g/mol. The Morgan fingerprint density at radius 1 is 1.60 bits per heavy atom. The third kappa shape index (κ3) is 3.95. The van der Waals surface area contributed by atoms with Crippen LogP contribution in [-0.2, 0) is 11.1 Å². The second kappa shape index (κ2) is 5.80. The van der Waals surface area contributed by atoms with Crippen LogP contribution in [-0.4, -0.2) is 20.7 Å². The Morgan fingerprint density at radius 2 is 2.20 bits per heavy atom. The molecule has 0 spiro atoms. The minimum Gasteiger partial charge on any atom is -0.772 e. The Morgan fingerprint density at radius 3 is 2.50 bits per heavy atom. The lowest BCUT2D eigenvalue weighted by Gasteiger charge is -2.16. The monoisotopic (exact) mass is 167 g/mol. The van der Waals surface area contributed by atoms with Gasteiger partial charge < -0.3 is 4.55 Å². The van der Waals surface area contributed by atoms with Gasteiger partial charge in [0, 0.05) is 5.25 Å². The van der Waals surface area contributed by atoms with E-state index in [4.69, 9.17) is 0 Å². The van der Waals surface area contributed by atoms with Gasteiger partial charge in [0.05, 0.1) is 6.67 Å². The summed E-state index contributed by atoms with van der Waals surface area (Å²) in [5, 5.41) is -0.477. The van der Waals surface area contributed by atoms with Crippen LogP contribution in [0.2, 0.25) is 0 Å². The predicted octanol–water partition coefficient (Wildman–Crippen LogP) is 1.39. The summed E-state index contributed by atoms with van der Waals surface area (Å²) in [4.78, 5) is 0. The summed E-state index contributed by atoms with van der Waals surface area (Å²) in [6.07, 6.45) is 1.50. The standard InChI is InChI=1S/C6H13FO2S/c1-2-3-6(4-5-7)10(8)9/h6H,2-5H2,1H3,(H,8,9)/p-1. The van der Waals surface area contributed by atoms with Crippen LogP contribution in [0.5, 0.6) is 0 Å². The van der Waals surface area contributed by atoms with E-state index in [1.165, 1.54) is 0 Å². The summed E-state index contributed by atoms with van der Waals surface area (Å²) in [6.45, 7) is 1.34. The van der Waals surface area contributed by atoms with Gasteiger partial charge in [0.2, 0.25) is 0 Å². The fourth-order valence-corrected chi connectivity index (χ4v) is 1.49. The summed E-state index contributed by atoms with van der Waals surface area (Å²) in [7, 11) is 0. The quantitative estimate of drug-likeness (QED) is 0.580. The Kier molecular flexibility index (Phi) is 5.82. The first-order valence-corrected chi connectivity index (χ1v) is 4.50. The van der Waals surface area contributed by atoms with Crippen molar-refractivity contribution in [2.75, 3.05) is 6.67 Å². The molecule has 0 aliphatic carbocycles. The molecule has 0 rings (SSSR count). The maximum atomic E-state index is 11.7. The van der Waals surface area contributed by atoms with E-state index < -0.39 is 23.0 Å². The Bertz CT molecular complexity index is 102. The molecule has 0 heterocycles. The second-order valence-corrected chi connectivity index (χ2v) is 3.34. The summed E-state index contributed by atoms with van der Waals surface area (Å²) in [5.74, 6) is 0. The van der Waals surface area contributed by atoms with Crippen molar-refractivity contribution >= 4 is 11.1 Å². The van der Waals surface area contributed by atoms with E-state index >= 15 is 0 Å². The lowest BCUT2D eigenvalue weighted by atomic mass is 10.2. The molecule has 4 heteroatoms. The minimum atomic E-state index is -2.09. The average molecular weight is 167 g/mol. The van der Waals surface area contributed by atoms with Gasteiger partial charge >= 0.3 is 0 Å². The topological polar surface area (TPSA) is 40.1 Å². The number of hydrogen-bond acceptors (Lipinski definition) is 2. The van der Waals surface area contributed by atoms with Crippen LogP contribution in [0.25, 0.3) is 0 Å². The highest BCUT2D eigenvalue weighted by Gasteiger charge is 2.06. The van der Waals surface area contributed by atoms with Gasteiger partial charge in [0.1, 0.15) is 0 Å². The van der Waals surface area contributed by atoms with Crippen molar-refractivity contribution in [3.8, 4) is 0 Å². The zero-order valence-corrected chi connectivity index (χ0v) is 6.82. The Hall–Kier alpha value is 0.0400. The van der Waals surface area contributed by atoms with Crippen LogP contribution >= 0.6 is 0 Å². The van der Waals surface area contributed by atoms with E-state index in [0.717, 1.165) is 6.42 Å². The number of hydrogen-bond donors (Lipinski definition) is 0. The average Bonchev–Trinajstić information content (AvgIpc) is 1.87. The predicted molar refractivity (Wildman–Crippen MR) is 38.2 cm³/mol. The number of halogens is 1. The van der Waals surface area contributed by atoms with E-state index in [-0.39, 0.29) is 6.42 Å². The van der Waals surface area contributed by atoms with Gasteiger partial charge in [-0.15, -0.1) is 0 Å². The molecule has 0 N–H and O–H groups in total. The lowest BCUT2D eigenvalue weighted by molar-refractivity contribution is 0.440. The van der Waals surface area contributed by atoms with Crippen molar-refractivity contribution < 1.29 is 13.2 Å². The van der Waals surface area contributed by atoms with Crippen LogP contribution in [0, 0.1) is 0 Å². The van der Waals surface area contributed by atoms with E-state index in [1.807, 2.05) is 6.92 Å². The van der Waals surface area contributed by atoms with E-state index in [9.17, 15) is 13.2 Å². The van der Waals surface area contributed by atoms with Crippen molar-refractivity contribution in [2.45, 2.75) is 31.4 Å². The van der Waals surface area contributed by atoms with Gasteiger partial charge in [-0.2, -0.15) is 0 Å². The molecule has 0 bridgehead atoms. The fraction of sp³-hybridized carbons (Fsp3) is 1.00. The fourth-order valence-electron chi connectivity index (χ4n) is 0.780. The lowest BCUT2D eigenvalue weighted by Crippen LogP contribution is -2.14. The summed E-state index contributed by atoms with van der Waals surface area (Å²) in [6, 6.07) is 0. The van der Waals surface area contributed by atoms with Crippen LogP contribution in [0.1, 0.15) is 26.2 Å². The first-order valence-electron chi connectivity index (χ1n) is 3.36. The largest absolute Gasteiger partial charge is 0.772 e. The van der Waals surface area contributed by atoms with Crippen LogP contribution in [0.15, 0.2) is 0 Å². The molecule has 2 unspecified atom stereocenters. The van der Waals surface area contributed by atoms with Gasteiger partial charge in [-0.3, -0.25) is 8.60 Å². The Labute approximate surface area is 63.1 Å². The van der Waals surface area contributed by atoms with Gasteiger partial charge in [-0.25, -0.2) is 0 Å². The SMILES string of the molecule is CCCC(CCF)S(=O)[O-]. The highest BCUT2D eigenvalue weighted by Crippen LogP contribution is 2.07. The first kappa shape index (κ1) is 10.0. The molecule has 0 aliphatic heterocycles. The van der Waals surface area contributed by atoms with E-state index in [2.05, 4.69) is 0 Å².